The Balaban J connectivity index is 2.11. The molecule has 2 N–H and O–H groups in total. The largest absolute Gasteiger partial charge is 0.398 e. The van der Waals surface area contributed by atoms with Crippen molar-refractivity contribution in [1.82, 2.24) is 4.90 Å². The molecule has 0 aromatic heterocycles. The van der Waals surface area contributed by atoms with Crippen molar-refractivity contribution in [2.24, 2.45) is 0 Å². The quantitative estimate of drug-likeness (QED) is 0.853. The molecule has 1 aromatic rings. The highest BCUT2D eigenvalue weighted by Crippen LogP contribution is 2.27. The number of nitrogens with two attached hydrogens (primary N) is 1. The van der Waals surface area contributed by atoms with E-state index in [0.717, 1.165) is 29.8 Å². The normalized spacial score (nSPS) is 24.1. The molecule has 4 heteroatoms. The highest BCUT2D eigenvalue weighted by Gasteiger charge is 2.31. The number of rotatable bonds is 2. The summed E-state index contributed by atoms with van der Waals surface area (Å²) >= 11 is 3.57. The van der Waals surface area contributed by atoms with Crippen LogP contribution < -0.4 is 5.73 Å². The van der Waals surface area contributed by atoms with Gasteiger partial charge in [0.15, 0.2) is 0 Å². The third-order valence-corrected chi connectivity index (χ3v) is 4.11. The second-order valence-electron chi connectivity index (χ2n) is 5.68. The maximum Gasteiger partial charge on any atom is 0.0757 e. The summed E-state index contributed by atoms with van der Waals surface area (Å²) in [5.74, 6) is 0. The third kappa shape index (κ3) is 3.25. The molecule has 1 heterocycles. The van der Waals surface area contributed by atoms with Gasteiger partial charge in [-0.05, 0) is 48.3 Å². The summed E-state index contributed by atoms with van der Waals surface area (Å²) in [6.07, 6.45) is 0.272. The fraction of sp³-hybridized carbons (Fsp3) is 0.571. The molecule has 1 aliphatic rings. The molecule has 0 aliphatic carbocycles. The van der Waals surface area contributed by atoms with Gasteiger partial charge >= 0.3 is 0 Å². The van der Waals surface area contributed by atoms with Crippen LogP contribution in [0.2, 0.25) is 0 Å². The molecule has 2 rings (SSSR count). The molecular formula is C14H21BrN2O. The summed E-state index contributed by atoms with van der Waals surface area (Å²) in [5, 5.41) is 0. The van der Waals surface area contributed by atoms with E-state index in [9.17, 15) is 0 Å². The van der Waals surface area contributed by atoms with Crippen molar-refractivity contribution < 1.29 is 4.74 Å². The lowest BCUT2D eigenvalue weighted by atomic mass is 10.0. The molecule has 0 radical (unpaired) electrons. The van der Waals surface area contributed by atoms with Gasteiger partial charge in [0.05, 0.1) is 11.7 Å². The van der Waals surface area contributed by atoms with Crippen molar-refractivity contribution in [3.8, 4) is 0 Å². The fourth-order valence-corrected chi connectivity index (χ4v) is 3.06. The predicted octanol–water partition coefficient (Wildman–Crippen LogP) is 3.03. The lowest BCUT2D eigenvalue weighted by molar-refractivity contribution is -0.130. The number of morpholine rings is 1. The summed E-state index contributed by atoms with van der Waals surface area (Å²) < 4.78 is 6.93. The van der Waals surface area contributed by atoms with E-state index < -0.39 is 0 Å². The lowest BCUT2D eigenvalue weighted by Gasteiger charge is -2.41. The predicted molar refractivity (Wildman–Crippen MR) is 78.5 cm³/mol. The Kier molecular flexibility index (Phi) is 3.99. The van der Waals surface area contributed by atoms with Gasteiger partial charge in [-0.3, -0.25) is 4.90 Å². The SMILES string of the molecule is CC1CN(Cc2cccc(N)c2Br)CC(C)(C)O1. The van der Waals surface area contributed by atoms with E-state index in [4.69, 9.17) is 10.5 Å². The van der Waals surface area contributed by atoms with E-state index in [-0.39, 0.29) is 11.7 Å². The highest BCUT2D eigenvalue weighted by atomic mass is 79.9. The van der Waals surface area contributed by atoms with Gasteiger partial charge in [0.1, 0.15) is 0 Å². The molecule has 1 unspecified atom stereocenters. The van der Waals surface area contributed by atoms with E-state index in [1.165, 1.54) is 5.56 Å². The minimum atomic E-state index is -0.0789. The first-order valence-corrected chi connectivity index (χ1v) is 7.10. The van der Waals surface area contributed by atoms with Crippen LogP contribution in [0.4, 0.5) is 5.69 Å². The topological polar surface area (TPSA) is 38.5 Å². The van der Waals surface area contributed by atoms with Gasteiger partial charge in [-0.25, -0.2) is 0 Å². The van der Waals surface area contributed by atoms with Crippen molar-refractivity contribution in [3.63, 3.8) is 0 Å². The first kappa shape index (κ1) is 13.8. The van der Waals surface area contributed by atoms with E-state index in [1.54, 1.807) is 0 Å². The van der Waals surface area contributed by atoms with Gasteiger partial charge in [0.2, 0.25) is 0 Å². The molecule has 0 bridgehead atoms. The molecule has 0 saturated carbocycles. The first-order chi connectivity index (χ1) is 8.37. The average molecular weight is 313 g/mol. The van der Waals surface area contributed by atoms with Gasteiger partial charge in [0.25, 0.3) is 0 Å². The van der Waals surface area contributed by atoms with Gasteiger partial charge < -0.3 is 10.5 Å². The van der Waals surface area contributed by atoms with Crippen molar-refractivity contribution in [2.45, 2.75) is 39.0 Å². The lowest BCUT2D eigenvalue weighted by Crippen LogP contribution is -2.51. The maximum absolute atomic E-state index is 5.92. The van der Waals surface area contributed by atoms with Crippen LogP contribution in [0.1, 0.15) is 26.3 Å². The van der Waals surface area contributed by atoms with Crippen LogP contribution in [0, 0.1) is 0 Å². The van der Waals surface area contributed by atoms with Crippen LogP contribution in [-0.2, 0) is 11.3 Å². The van der Waals surface area contributed by atoms with Crippen molar-refractivity contribution in [3.05, 3.63) is 28.2 Å². The minimum absolute atomic E-state index is 0.0789. The third-order valence-electron chi connectivity index (χ3n) is 3.14. The Morgan fingerprint density at radius 1 is 1.50 bits per heavy atom. The van der Waals surface area contributed by atoms with Gasteiger partial charge in [-0.1, -0.05) is 12.1 Å². The van der Waals surface area contributed by atoms with E-state index in [1.807, 2.05) is 12.1 Å². The number of hydrogen-bond donors (Lipinski definition) is 1. The second-order valence-corrected chi connectivity index (χ2v) is 6.47. The standard InChI is InChI=1S/C14H21BrN2O/c1-10-7-17(9-14(2,3)18-10)8-11-5-4-6-12(16)13(11)15/h4-6,10H,7-9,16H2,1-3H3. The second kappa shape index (κ2) is 5.19. The van der Waals surface area contributed by atoms with Crippen molar-refractivity contribution in [1.29, 1.82) is 0 Å². The molecule has 0 spiro atoms. The summed E-state index contributed by atoms with van der Waals surface area (Å²) in [6.45, 7) is 9.22. The van der Waals surface area contributed by atoms with Crippen LogP contribution in [0.5, 0.6) is 0 Å². The Morgan fingerprint density at radius 2 is 2.22 bits per heavy atom. The average Bonchev–Trinajstić information content (AvgIpc) is 2.22. The summed E-state index contributed by atoms with van der Waals surface area (Å²) in [6, 6.07) is 6.04. The van der Waals surface area contributed by atoms with Gasteiger partial charge in [0, 0.05) is 29.8 Å². The van der Waals surface area contributed by atoms with Gasteiger partial charge in [-0.15, -0.1) is 0 Å². The summed E-state index contributed by atoms with van der Waals surface area (Å²) in [7, 11) is 0. The van der Waals surface area contributed by atoms with Crippen LogP contribution >= 0.6 is 15.9 Å². The number of ether oxygens (including phenoxy) is 1. The zero-order valence-electron chi connectivity index (χ0n) is 11.2. The first-order valence-electron chi connectivity index (χ1n) is 6.30. The molecule has 1 saturated heterocycles. The smallest absolute Gasteiger partial charge is 0.0757 e. The number of nitrogens with zero attached hydrogens (tertiary/aromatic N) is 1. The molecule has 0 amide bonds. The summed E-state index contributed by atoms with van der Waals surface area (Å²) in [5.41, 5.74) is 7.87. The maximum atomic E-state index is 5.92. The molecule has 1 atom stereocenters. The number of anilines is 1. The molecular weight excluding hydrogens is 292 g/mol. The Labute approximate surface area is 117 Å². The molecule has 3 nitrogen and oxygen atoms in total. The fourth-order valence-electron chi connectivity index (χ4n) is 2.67. The molecule has 1 fully saturated rings. The number of halogens is 1. The molecule has 1 aliphatic heterocycles. The zero-order valence-corrected chi connectivity index (χ0v) is 12.8. The Bertz CT molecular complexity index is 434. The van der Waals surface area contributed by atoms with Crippen molar-refractivity contribution >= 4 is 21.6 Å². The zero-order chi connectivity index (χ0) is 13.3. The van der Waals surface area contributed by atoms with Crippen LogP contribution in [0.3, 0.4) is 0 Å². The van der Waals surface area contributed by atoms with Crippen LogP contribution in [0.25, 0.3) is 0 Å². The summed E-state index contributed by atoms with van der Waals surface area (Å²) in [4.78, 5) is 2.42. The monoisotopic (exact) mass is 312 g/mol. The van der Waals surface area contributed by atoms with E-state index in [0.29, 0.717) is 0 Å². The number of benzene rings is 1. The van der Waals surface area contributed by atoms with E-state index >= 15 is 0 Å². The Morgan fingerprint density at radius 3 is 2.89 bits per heavy atom. The van der Waals surface area contributed by atoms with E-state index in [2.05, 4.69) is 47.7 Å². The van der Waals surface area contributed by atoms with Crippen molar-refractivity contribution in [2.75, 3.05) is 18.8 Å². The van der Waals surface area contributed by atoms with Gasteiger partial charge in [-0.2, -0.15) is 0 Å². The molecule has 18 heavy (non-hydrogen) atoms. The molecule has 1 aromatic carbocycles. The molecule has 100 valence electrons. The van der Waals surface area contributed by atoms with Crippen LogP contribution in [0.15, 0.2) is 22.7 Å². The number of nitrogen functional groups attached to an aromatic ring is 1. The minimum Gasteiger partial charge on any atom is -0.398 e. The van der Waals surface area contributed by atoms with Crippen LogP contribution in [-0.4, -0.2) is 29.7 Å². The number of hydrogen-bond acceptors (Lipinski definition) is 3. The highest BCUT2D eigenvalue weighted by molar-refractivity contribution is 9.10. The Hall–Kier alpha value is -0.580.